The van der Waals surface area contributed by atoms with Crippen LogP contribution in [0.25, 0.3) is 0 Å². The van der Waals surface area contributed by atoms with E-state index in [1.54, 1.807) is 0 Å². The number of nitrogens with one attached hydrogen (secondary N) is 1. The summed E-state index contributed by atoms with van der Waals surface area (Å²) in [5, 5.41) is 11.7. The SMILES string of the molecule is O=C(CCCn1cc(C(=O)O)ccc1=O)NC1CC1. The molecule has 1 fully saturated rings. The number of hydrogen-bond acceptors (Lipinski definition) is 3. The van der Waals surface area contributed by atoms with Crippen molar-refractivity contribution in [1.29, 1.82) is 0 Å². The van der Waals surface area contributed by atoms with Gasteiger partial charge in [0, 0.05) is 31.3 Å². The van der Waals surface area contributed by atoms with Gasteiger partial charge >= 0.3 is 5.97 Å². The Labute approximate surface area is 110 Å². The van der Waals surface area contributed by atoms with Crippen LogP contribution in [0.2, 0.25) is 0 Å². The third-order valence-corrected chi connectivity index (χ3v) is 2.98. The molecule has 6 heteroatoms. The number of carbonyl (C=O) groups excluding carboxylic acids is 1. The molecule has 1 amide bonds. The Morgan fingerprint density at radius 1 is 1.37 bits per heavy atom. The summed E-state index contributed by atoms with van der Waals surface area (Å²) < 4.78 is 1.33. The van der Waals surface area contributed by atoms with E-state index in [4.69, 9.17) is 5.11 Å². The van der Waals surface area contributed by atoms with Crippen molar-refractivity contribution in [2.75, 3.05) is 0 Å². The fraction of sp³-hybridized carbons (Fsp3) is 0.462. The molecule has 2 N–H and O–H groups in total. The summed E-state index contributed by atoms with van der Waals surface area (Å²) in [6, 6.07) is 2.85. The van der Waals surface area contributed by atoms with Crippen molar-refractivity contribution in [3.63, 3.8) is 0 Å². The zero-order valence-electron chi connectivity index (χ0n) is 10.5. The van der Waals surface area contributed by atoms with Gasteiger partial charge in [0.2, 0.25) is 5.91 Å². The van der Waals surface area contributed by atoms with Gasteiger partial charge in [-0.25, -0.2) is 4.79 Å². The van der Waals surface area contributed by atoms with E-state index in [9.17, 15) is 14.4 Å². The first-order valence-electron chi connectivity index (χ1n) is 6.29. The number of aryl methyl sites for hydroxylation is 1. The number of amides is 1. The van der Waals surface area contributed by atoms with Gasteiger partial charge < -0.3 is 15.0 Å². The summed E-state index contributed by atoms with van der Waals surface area (Å²) in [5.41, 5.74) is -0.186. The van der Waals surface area contributed by atoms with E-state index in [2.05, 4.69) is 5.32 Å². The second-order valence-electron chi connectivity index (χ2n) is 4.70. The van der Waals surface area contributed by atoms with Crippen molar-refractivity contribution in [2.24, 2.45) is 0 Å². The lowest BCUT2D eigenvalue weighted by atomic mass is 10.2. The van der Waals surface area contributed by atoms with Crippen LogP contribution >= 0.6 is 0 Å². The van der Waals surface area contributed by atoms with E-state index >= 15 is 0 Å². The van der Waals surface area contributed by atoms with E-state index in [1.165, 1.54) is 22.9 Å². The molecule has 0 aliphatic heterocycles. The van der Waals surface area contributed by atoms with Gasteiger partial charge in [0.15, 0.2) is 0 Å². The summed E-state index contributed by atoms with van der Waals surface area (Å²) in [5.74, 6) is -1.08. The van der Waals surface area contributed by atoms with Gasteiger partial charge in [0.25, 0.3) is 5.56 Å². The minimum atomic E-state index is -1.07. The largest absolute Gasteiger partial charge is 0.478 e. The molecule has 1 aliphatic carbocycles. The molecule has 1 heterocycles. The average Bonchev–Trinajstić information content (AvgIpc) is 3.15. The number of hydrogen-bond donors (Lipinski definition) is 2. The normalized spacial score (nSPS) is 14.1. The molecule has 19 heavy (non-hydrogen) atoms. The predicted molar refractivity (Wildman–Crippen MR) is 68.1 cm³/mol. The van der Waals surface area contributed by atoms with Crippen LogP contribution in [0.15, 0.2) is 23.1 Å². The zero-order valence-corrected chi connectivity index (χ0v) is 10.5. The molecule has 1 aromatic rings. The maximum atomic E-state index is 11.5. The maximum Gasteiger partial charge on any atom is 0.337 e. The number of carboxylic acids is 1. The molecule has 1 aliphatic rings. The third-order valence-electron chi connectivity index (χ3n) is 2.98. The number of rotatable bonds is 6. The van der Waals surface area contributed by atoms with E-state index < -0.39 is 5.97 Å². The first-order valence-corrected chi connectivity index (χ1v) is 6.29. The van der Waals surface area contributed by atoms with Crippen LogP contribution in [0, 0.1) is 0 Å². The summed E-state index contributed by atoms with van der Waals surface area (Å²) >= 11 is 0. The second kappa shape index (κ2) is 5.69. The fourth-order valence-corrected chi connectivity index (χ4v) is 1.77. The fourth-order valence-electron chi connectivity index (χ4n) is 1.77. The topological polar surface area (TPSA) is 88.4 Å². The van der Waals surface area contributed by atoms with Crippen molar-refractivity contribution < 1.29 is 14.7 Å². The number of carbonyl (C=O) groups is 2. The highest BCUT2D eigenvalue weighted by Gasteiger charge is 2.22. The first-order chi connectivity index (χ1) is 9.06. The average molecular weight is 264 g/mol. The Kier molecular flexibility index (Phi) is 3.99. The number of aromatic carboxylic acids is 1. The Morgan fingerprint density at radius 3 is 2.74 bits per heavy atom. The summed E-state index contributed by atoms with van der Waals surface area (Å²) in [6.07, 6.45) is 4.27. The van der Waals surface area contributed by atoms with Gasteiger partial charge in [0.05, 0.1) is 5.56 Å². The summed E-state index contributed by atoms with van der Waals surface area (Å²) in [4.78, 5) is 33.8. The molecule has 1 aromatic heterocycles. The lowest BCUT2D eigenvalue weighted by molar-refractivity contribution is -0.121. The lowest BCUT2D eigenvalue weighted by Crippen LogP contribution is -2.26. The van der Waals surface area contributed by atoms with Gasteiger partial charge in [-0.15, -0.1) is 0 Å². The molecule has 102 valence electrons. The van der Waals surface area contributed by atoms with Gasteiger partial charge in [-0.3, -0.25) is 9.59 Å². The van der Waals surface area contributed by atoms with Crippen molar-refractivity contribution in [3.05, 3.63) is 34.2 Å². The highest BCUT2D eigenvalue weighted by Crippen LogP contribution is 2.18. The molecule has 0 bridgehead atoms. The van der Waals surface area contributed by atoms with Crippen LogP contribution in [-0.2, 0) is 11.3 Å². The van der Waals surface area contributed by atoms with Crippen LogP contribution in [0.5, 0.6) is 0 Å². The second-order valence-corrected chi connectivity index (χ2v) is 4.70. The Hall–Kier alpha value is -2.11. The minimum Gasteiger partial charge on any atom is -0.478 e. The molecule has 0 spiro atoms. The Bertz CT molecular complexity index is 546. The number of carboxylic acid groups (broad SMARTS) is 1. The van der Waals surface area contributed by atoms with E-state index in [-0.39, 0.29) is 17.0 Å². The monoisotopic (exact) mass is 264 g/mol. The van der Waals surface area contributed by atoms with E-state index in [1.807, 2.05) is 0 Å². The number of pyridine rings is 1. The Balaban J connectivity index is 1.87. The van der Waals surface area contributed by atoms with E-state index in [0.717, 1.165) is 12.8 Å². The number of aromatic nitrogens is 1. The van der Waals surface area contributed by atoms with Gasteiger partial charge in [0.1, 0.15) is 0 Å². The molecule has 0 unspecified atom stereocenters. The highest BCUT2D eigenvalue weighted by atomic mass is 16.4. The van der Waals surface area contributed by atoms with Gasteiger partial charge in [-0.2, -0.15) is 0 Å². The maximum absolute atomic E-state index is 11.5. The molecule has 0 radical (unpaired) electrons. The Morgan fingerprint density at radius 2 is 2.11 bits per heavy atom. The van der Waals surface area contributed by atoms with Crippen LogP contribution < -0.4 is 10.9 Å². The van der Waals surface area contributed by atoms with Crippen molar-refractivity contribution in [3.8, 4) is 0 Å². The smallest absolute Gasteiger partial charge is 0.337 e. The van der Waals surface area contributed by atoms with Crippen molar-refractivity contribution in [2.45, 2.75) is 38.3 Å². The van der Waals surface area contributed by atoms with Crippen LogP contribution in [0.4, 0.5) is 0 Å². The van der Waals surface area contributed by atoms with Crippen LogP contribution in [0.1, 0.15) is 36.0 Å². The van der Waals surface area contributed by atoms with Crippen molar-refractivity contribution in [1.82, 2.24) is 9.88 Å². The molecular formula is C13H16N2O4. The minimum absolute atomic E-state index is 0.00932. The molecule has 2 rings (SSSR count). The van der Waals surface area contributed by atoms with E-state index in [0.29, 0.717) is 25.4 Å². The molecular weight excluding hydrogens is 248 g/mol. The number of nitrogens with zero attached hydrogens (tertiary/aromatic N) is 1. The molecule has 0 atom stereocenters. The molecule has 0 saturated heterocycles. The first kappa shape index (κ1) is 13.3. The highest BCUT2D eigenvalue weighted by molar-refractivity contribution is 5.87. The standard InChI is InChI=1S/C13H16N2O4/c16-11(14-10-4-5-10)2-1-7-15-8-9(13(18)19)3-6-12(15)17/h3,6,8,10H,1-2,4-5,7H2,(H,14,16)(H,18,19). The molecule has 1 saturated carbocycles. The van der Waals surface area contributed by atoms with Crippen LogP contribution in [0.3, 0.4) is 0 Å². The quantitative estimate of drug-likeness (QED) is 0.787. The predicted octanol–water partition coefficient (Wildman–Crippen LogP) is 0.605. The summed E-state index contributed by atoms with van der Waals surface area (Å²) in [7, 11) is 0. The molecule has 0 aromatic carbocycles. The van der Waals surface area contributed by atoms with Crippen molar-refractivity contribution >= 4 is 11.9 Å². The molecule has 6 nitrogen and oxygen atoms in total. The van der Waals surface area contributed by atoms with Gasteiger partial charge in [-0.1, -0.05) is 0 Å². The summed E-state index contributed by atoms with van der Waals surface area (Å²) in [6.45, 7) is 0.345. The third kappa shape index (κ3) is 3.94. The van der Waals surface area contributed by atoms with Crippen LogP contribution in [-0.4, -0.2) is 27.6 Å². The van der Waals surface area contributed by atoms with Gasteiger partial charge in [-0.05, 0) is 25.3 Å². The lowest BCUT2D eigenvalue weighted by Gasteiger charge is -2.06. The zero-order chi connectivity index (χ0) is 13.8.